The highest BCUT2D eigenvalue weighted by Crippen LogP contribution is 2.27. The lowest BCUT2D eigenvalue weighted by atomic mass is 10.2. The Hall–Kier alpha value is -2.93. The molecule has 7 heteroatoms. The molecule has 0 aliphatic rings. The summed E-state index contributed by atoms with van der Waals surface area (Å²) in [5, 5.41) is 5.28. The normalized spacial score (nSPS) is 10.4. The van der Waals surface area contributed by atoms with Crippen molar-refractivity contribution in [3.8, 4) is 22.1 Å². The van der Waals surface area contributed by atoms with Crippen LogP contribution in [-0.2, 0) is 11.2 Å². The molecular formula is C19H17FN2O3S. The number of carbonyl (C=O) groups excluding carboxylic acids is 1. The third kappa shape index (κ3) is 4.37. The molecule has 1 N–H and O–H groups in total. The van der Waals surface area contributed by atoms with Crippen molar-refractivity contribution in [2.75, 3.05) is 19.5 Å². The molecule has 0 atom stereocenters. The standard InChI is InChI=1S/C19H17FN2O3S/c1-24-16-7-14(8-17(10-16)25-2)21-18(23)9-15-11-26-19(22-15)12-4-3-5-13(20)6-12/h3-8,10-11H,9H2,1-2H3,(H,21,23). The number of amides is 1. The van der Waals surface area contributed by atoms with Gasteiger partial charge < -0.3 is 14.8 Å². The maximum Gasteiger partial charge on any atom is 0.230 e. The van der Waals surface area contributed by atoms with Crippen LogP contribution < -0.4 is 14.8 Å². The lowest BCUT2D eigenvalue weighted by Crippen LogP contribution is -2.14. The van der Waals surface area contributed by atoms with Crippen LogP contribution in [0.4, 0.5) is 10.1 Å². The molecule has 2 aromatic carbocycles. The first-order valence-electron chi connectivity index (χ1n) is 7.80. The van der Waals surface area contributed by atoms with Gasteiger partial charge in [-0.25, -0.2) is 9.37 Å². The fourth-order valence-corrected chi connectivity index (χ4v) is 3.21. The van der Waals surface area contributed by atoms with Crippen molar-refractivity contribution in [3.05, 3.63) is 59.4 Å². The van der Waals surface area contributed by atoms with Crippen molar-refractivity contribution in [2.24, 2.45) is 0 Å². The molecule has 0 saturated carbocycles. The van der Waals surface area contributed by atoms with Gasteiger partial charge in [0.05, 0.1) is 26.3 Å². The van der Waals surface area contributed by atoms with E-state index in [9.17, 15) is 9.18 Å². The Morgan fingerprint density at radius 1 is 1.15 bits per heavy atom. The second kappa shape index (κ2) is 7.97. The average Bonchev–Trinajstić information content (AvgIpc) is 3.09. The first-order valence-corrected chi connectivity index (χ1v) is 8.68. The van der Waals surface area contributed by atoms with Gasteiger partial charge in [0.2, 0.25) is 5.91 Å². The zero-order valence-corrected chi connectivity index (χ0v) is 15.1. The Bertz CT molecular complexity index is 904. The van der Waals surface area contributed by atoms with E-state index >= 15 is 0 Å². The predicted octanol–water partition coefficient (Wildman–Crippen LogP) is 4.15. The highest BCUT2D eigenvalue weighted by atomic mass is 32.1. The minimum atomic E-state index is -0.316. The average molecular weight is 372 g/mol. The Morgan fingerprint density at radius 2 is 1.88 bits per heavy atom. The summed E-state index contributed by atoms with van der Waals surface area (Å²) < 4.78 is 23.7. The van der Waals surface area contributed by atoms with Crippen LogP contribution >= 0.6 is 11.3 Å². The monoisotopic (exact) mass is 372 g/mol. The quantitative estimate of drug-likeness (QED) is 0.706. The summed E-state index contributed by atoms with van der Waals surface area (Å²) in [6, 6.07) is 11.4. The van der Waals surface area contributed by atoms with E-state index in [0.717, 1.165) is 0 Å². The highest BCUT2D eigenvalue weighted by molar-refractivity contribution is 7.13. The van der Waals surface area contributed by atoms with Crippen LogP contribution in [0.25, 0.3) is 10.6 Å². The van der Waals surface area contributed by atoms with Crippen molar-refractivity contribution in [1.82, 2.24) is 4.98 Å². The number of carbonyl (C=O) groups is 1. The zero-order valence-electron chi connectivity index (χ0n) is 14.3. The Labute approximate surface area is 154 Å². The van der Waals surface area contributed by atoms with E-state index in [-0.39, 0.29) is 18.1 Å². The maximum absolute atomic E-state index is 13.3. The lowest BCUT2D eigenvalue weighted by Gasteiger charge is -2.09. The number of nitrogens with zero attached hydrogens (tertiary/aromatic N) is 1. The van der Waals surface area contributed by atoms with E-state index in [4.69, 9.17) is 9.47 Å². The minimum absolute atomic E-state index is 0.116. The van der Waals surface area contributed by atoms with E-state index in [1.54, 1.807) is 49.9 Å². The van der Waals surface area contributed by atoms with Crippen molar-refractivity contribution < 1.29 is 18.7 Å². The van der Waals surface area contributed by atoms with Gasteiger partial charge in [-0.15, -0.1) is 11.3 Å². The molecule has 0 aliphatic carbocycles. The molecule has 1 amide bonds. The number of benzene rings is 2. The smallest absolute Gasteiger partial charge is 0.230 e. The fourth-order valence-electron chi connectivity index (χ4n) is 2.39. The van der Waals surface area contributed by atoms with Gasteiger partial charge in [-0.3, -0.25) is 4.79 Å². The molecule has 3 rings (SSSR count). The van der Waals surface area contributed by atoms with Crippen LogP contribution in [-0.4, -0.2) is 25.1 Å². The SMILES string of the molecule is COc1cc(NC(=O)Cc2csc(-c3cccc(F)c3)n2)cc(OC)c1. The number of ether oxygens (including phenoxy) is 2. The summed E-state index contributed by atoms with van der Waals surface area (Å²) in [5.74, 6) is 0.642. The molecular weight excluding hydrogens is 355 g/mol. The molecule has 0 radical (unpaired) electrons. The van der Waals surface area contributed by atoms with Gasteiger partial charge in [0.25, 0.3) is 0 Å². The topological polar surface area (TPSA) is 60.5 Å². The van der Waals surface area contributed by atoms with E-state index < -0.39 is 0 Å². The Morgan fingerprint density at radius 3 is 2.54 bits per heavy atom. The molecule has 1 heterocycles. The third-order valence-corrected chi connectivity index (χ3v) is 4.54. The van der Waals surface area contributed by atoms with E-state index in [1.165, 1.54) is 23.5 Å². The van der Waals surface area contributed by atoms with Crippen molar-refractivity contribution in [3.63, 3.8) is 0 Å². The summed E-state index contributed by atoms with van der Waals surface area (Å²) in [6.07, 6.45) is 0.116. The van der Waals surface area contributed by atoms with Gasteiger partial charge in [0.15, 0.2) is 0 Å². The Kier molecular flexibility index (Phi) is 5.48. The van der Waals surface area contributed by atoms with Crippen LogP contribution in [0.3, 0.4) is 0 Å². The summed E-state index contributed by atoms with van der Waals surface area (Å²) in [5.41, 5.74) is 1.90. The van der Waals surface area contributed by atoms with Crippen LogP contribution in [0.1, 0.15) is 5.69 Å². The molecule has 3 aromatic rings. The largest absolute Gasteiger partial charge is 0.497 e. The van der Waals surface area contributed by atoms with Crippen LogP contribution in [0.15, 0.2) is 47.8 Å². The predicted molar refractivity (Wildman–Crippen MR) is 99.4 cm³/mol. The number of aromatic nitrogens is 1. The number of nitrogens with one attached hydrogen (secondary N) is 1. The van der Waals surface area contributed by atoms with Crippen molar-refractivity contribution in [2.45, 2.75) is 6.42 Å². The molecule has 5 nitrogen and oxygen atoms in total. The number of halogens is 1. The number of hydrogen-bond acceptors (Lipinski definition) is 5. The summed E-state index contributed by atoms with van der Waals surface area (Å²) >= 11 is 1.37. The van der Waals surface area contributed by atoms with Gasteiger partial charge >= 0.3 is 0 Å². The van der Waals surface area contributed by atoms with Gasteiger partial charge in [-0.2, -0.15) is 0 Å². The zero-order chi connectivity index (χ0) is 18.5. The van der Waals surface area contributed by atoms with Gasteiger partial charge in [0.1, 0.15) is 22.3 Å². The molecule has 26 heavy (non-hydrogen) atoms. The van der Waals surface area contributed by atoms with Gasteiger partial charge in [0, 0.05) is 34.8 Å². The highest BCUT2D eigenvalue weighted by Gasteiger charge is 2.11. The number of hydrogen-bond donors (Lipinski definition) is 1. The summed E-state index contributed by atoms with van der Waals surface area (Å²) in [6.45, 7) is 0. The van der Waals surface area contributed by atoms with Crippen molar-refractivity contribution in [1.29, 1.82) is 0 Å². The van der Waals surface area contributed by atoms with Crippen molar-refractivity contribution >= 4 is 22.9 Å². The number of anilines is 1. The second-order valence-electron chi connectivity index (χ2n) is 5.48. The Balaban J connectivity index is 1.69. The third-order valence-electron chi connectivity index (χ3n) is 3.60. The fraction of sp³-hybridized carbons (Fsp3) is 0.158. The number of thiazole rings is 1. The van der Waals surface area contributed by atoms with E-state index in [0.29, 0.717) is 33.5 Å². The summed E-state index contributed by atoms with van der Waals surface area (Å²) in [7, 11) is 3.09. The van der Waals surface area contributed by atoms with Crippen LogP contribution in [0.2, 0.25) is 0 Å². The number of rotatable bonds is 6. The maximum atomic E-state index is 13.3. The lowest BCUT2D eigenvalue weighted by molar-refractivity contribution is -0.115. The second-order valence-corrected chi connectivity index (χ2v) is 6.34. The molecule has 0 bridgehead atoms. The molecule has 0 aliphatic heterocycles. The molecule has 0 unspecified atom stereocenters. The van der Waals surface area contributed by atoms with E-state index in [2.05, 4.69) is 10.3 Å². The number of methoxy groups -OCH3 is 2. The van der Waals surface area contributed by atoms with Crippen LogP contribution in [0, 0.1) is 5.82 Å². The molecule has 0 spiro atoms. The minimum Gasteiger partial charge on any atom is -0.497 e. The van der Waals surface area contributed by atoms with E-state index in [1.807, 2.05) is 0 Å². The van der Waals surface area contributed by atoms with Gasteiger partial charge in [-0.05, 0) is 12.1 Å². The molecule has 0 saturated heterocycles. The van der Waals surface area contributed by atoms with Crippen LogP contribution in [0.5, 0.6) is 11.5 Å². The molecule has 0 fully saturated rings. The first-order chi connectivity index (χ1) is 12.6. The summed E-state index contributed by atoms with van der Waals surface area (Å²) in [4.78, 5) is 16.7. The first kappa shape index (κ1) is 17.9. The molecule has 134 valence electrons. The van der Waals surface area contributed by atoms with Gasteiger partial charge in [-0.1, -0.05) is 12.1 Å². The molecule has 1 aromatic heterocycles.